The molecule has 0 aromatic carbocycles. The van der Waals surface area contributed by atoms with Crippen molar-refractivity contribution >= 4 is 5.97 Å². The van der Waals surface area contributed by atoms with Gasteiger partial charge in [-0.05, 0) is 20.5 Å². The van der Waals surface area contributed by atoms with E-state index < -0.39 is 5.97 Å². The van der Waals surface area contributed by atoms with Crippen molar-refractivity contribution in [2.24, 2.45) is 7.05 Å². The monoisotopic (exact) mass is 197 g/mol. The van der Waals surface area contributed by atoms with E-state index in [1.165, 1.54) is 4.68 Å². The molecule has 1 heterocycles. The highest BCUT2D eigenvalue weighted by molar-refractivity contribution is 5.87. The van der Waals surface area contributed by atoms with Crippen molar-refractivity contribution in [2.75, 3.05) is 20.6 Å². The molecule has 0 aliphatic heterocycles. The van der Waals surface area contributed by atoms with Crippen molar-refractivity contribution < 1.29 is 9.90 Å². The Kier molecular flexibility index (Phi) is 3.24. The molecule has 0 bridgehead atoms. The molecule has 1 N–H and O–H groups in total. The number of likely N-dealkylation sites (N-methyl/N-ethyl adjacent to an activating group) is 1. The lowest BCUT2D eigenvalue weighted by Gasteiger charge is -2.08. The summed E-state index contributed by atoms with van der Waals surface area (Å²) in [6.07, 6.45) is 2.33. The summed E-state index contributed by atoms with van der Waals surface area (Å²) < 4.78 is 1.40. The summed E-state index contributed by atoms with van der Waals surface area (Å²) in [6, 6.07) is 0. The van der Waals surface area contributed by atoms with Gasteiger partial charge >= 0.3 is 5.97 Å². The Morgan fingerprint density at radius 1 is 1.64 bits per heavy atom. The van der Waals surface area contributed by atoms with Crippen LogP contribution in [0.2, 0.25) is 0 Å². The molecule has 5 heteroatoms. The molecule has 78 valence electrons. The fourth-order valence-electron chi connectivity index (χ4n) is 1.29. The summed E-state index contributed by atoms with van der Waals surface area (Å²) >= 11 is 0. The minimum Gasteiger partial charge on any atom is -0.477 e. The summed E-state index contributed by atoms with van der Waals surface area (Å²) in [5.41, 5.74) is 1.07. The molecule has 1 aromatic heterocycles. The fourth-order valence-corrected chi connectivity index (χ4v) is 1.29. The highest BCUT2D eigenvalue weighted by atomic mass is 16.4. The number of hydrogen-bond donors (Lipinski definition) is 1. The maximum Gasteiger partial charge on any atom is 0.354 e. The van der Waals surface area contributed by atoms with Crippen molar-refractivity contribution in [1.82, 2.24) is 14.7 Å². The van der Waals surface area contributed by atoms with Gasteiger partial charge in [0.2, 0.25) is 0 Å². The Morgan fingerprint density at radius 2 is 2.29 bits per heavy atom. The fraction of sp³-hybridized carbons (Fsp3) is 0.556. The van der Waals surface area contributed by atoms with E-state index in [-0.39, 0.29) is 5.69 Å². The van der Waals surface area contributed by atoms with Gasteiger partial charge in [-0.3, -0.25) is 4.68 Å². The van der Waals surface area contributed by atoms with Crippen LogP contribution in [-0.2, 0) is 13.5 Å². The summed E-state index contributed by atoms with van der Waals surface area (Å²) in [6.45, 7) is 0.825. The van der Waals surface area contributed by atoms with E-state index >= 15 is 0 Å². The van der Waals surface area contributed by atoms with Gasteiger partial charge in [-0.1, -0.05) is 0 Å². The van der Waals surface area contributed by atoms with Crippen LogP contribution in [0.15, 0.2) is 6.20 Å². The van der Waals surface area contributed by atoms with Crippen LogP contribution >= 0.6 is 0 Å². The van der Waals surface area contributed by atoms with Gasteiger partial charge in [0.15, 0.2) is 0 Å². The van der Waals surface area contributed by atoms with Crippen LogP contribution in [0.5, 0.6) is 0 Å². The van der Waals surface area contributed by atoms with Gasteiger partial charge in [0, 0.05) is 19.2 Å². The van der Waals surface area contributed by atoms with Crippen molar-refractivity contribution in [1.29, 1.82) is 0 Å². The highest BCUT2D eigenvalue weighted by Gasteiger charge is 2.14. The first kappa shape index (κ1) is 10.7. The molecule has 5 nitrogen and oxygen atoms in total. The molecule has 1 rings (SSSR count). The smallest absolute Gasteiger partial charge is 0.354 e. The topological polar surface area (TPSA) is 58.4 Å². The van der Waals surface area contributed by atoms with E-state index in [2.05, 4.69) is 5.10 Å². The summed E-state index contributed by atoms with van der Waals surface area (Å²) in [7, 11) is 5.55. The molecule has 14 heavy (non-hydrogen) atoms. The molecule has 0 unspecified atom stereocenters. The molecule has 1 aromatic rings. The van der Waals surface area contributed by atoms with Crippen LogP contribution in [0.1, 0.15) is 16.1 Å². The lowest BCUT2D eigenvalue weighted by Crippen LogP contribution is -2.16. The molecule has 0 radical (unpaired) electrons. The number of carbonyl (C=O) groups is 1. The van der Waals surface area contributed by atoms with Crippen LogP contribution in [-0.4, -0.2) is 46.4 Å². The number of nitrogens with zero attached hydrogens (tertiary/aromatic N) is 3. The van der Waals surface area contributed by atoms with Crippen LogP contribution in [0.3, 0.4) is 0 Å². The number of aromatic nitrogens is 2. The summed E-state index contributed by atoms with van der Waals surface area (Å²) in [5, 5.41) is 12.9. The second-order valence-corrected chi connectivity index (χ2v) is 3.50. The Labute approximate surface area is 82.9 Å². The zero-order valence-electron chi connectivity index (χ0n) is 8.69. The second-order valence-electron chi connectivity index (χ2n) is 3.50. The van der Waals surface area contributed by atoms with Crippen molar-refractivity contribution in [2.45, 2.75) is 6.42 Å². The molecule has 0 spiro atoms. The lowest BCUT2D eigenvalue weighted by molar-refractivity contribution is 0.0683. The third kappa shape index (κ3) is 2.32. The molecular formula is C9H15N3O2. The van der Waals surface area contributed by atoms with Gasteiger partial charge in [-0.2, -0.15) is 5.10 Å². The largest absolute Gasteiger partial charge is 0.477 e. The molecule has 0 atom stereocenters. The predicted octanol–water partition coefficient (Wildman–Crippen LogP) is 0.222. The maximum absolute atomic E-state index is 10.9. The van der Waals surface area contributed by atoms with Gasteiger partial charge in [-0.15, -0.1) is 0 Å². The van der Waals surface area contributed by atoms with Gasteiger partial charge in [0.05, 0.1) is 6.20 Å². The van der Waals surface area contributed by atoms with E-state index in [4.69, 9.17) is 5.11 Å². The van der Waals surface area contributed by atoms with Crippen LogP contribution in [0, 0.1) is 0 Å². The minimum absolute atomic E-state index is 0.284. The predicted molar refractivity (Wildman–Crippen MR) is 52.4 cm³/mol. The normalized spacial score (nSPS) is 10.9. The van der Waals surface area contributed by atoms with E-state index in [9.17, 15) is 4.79 Å². The maximum atomic E-state index is 10.9. The van der Waals surface area contributed by atoms with Gasteiger partial charge in [0.25, 0.3) is 0 Å². The van der Waals surface area contributed by atoms with Crippen LogP contribution < -0.4 is 0 Å². The minimum atomic E-state index is -0.918. The standard InChI is InChI=1S/C9H15N3O2/c1-11(2)5-4-7-6-10-12(3)8(7)9(13)14/h6H,4-5H2,1-3H3,(H,13,14). The van der Waals surface area contributed by atoms with E-state index in [1.807, 2.05) is 19.0 Å². The Hall–Kier alpha value is -1.36. The number of carboxylic acids is 1. The van der Waals surface area contributed by atoms with Gasteiger partial charge in [0.1, 0.15) is 5.69 Å². The third-order valence-electron chi connectivity index (χ3n) is 2.05. The second kappa shape index (κ2) is 4.23. The zero-order valence-corrected chi connectivity index (χ0v) is 8.69. The van der Waals surface area contributed by atoms with Crippen LogP contribution in [0.4, 0.5) is 0 Å². The molecule has 0 aliphatic carbocycles. The first-order chi connectivity index (χ1) is 6.52. The highest BCUT2D eigenvalue weighted by Crippen LogP contribution is 2.08. The number of aromatic carboxylic acids is 1. The molecular weight excluding hydrogens is 182 g/mol. The molecule has 0 saturated carbocycles. The Bertz CT molecular complexity index is 331. The van der Waals surface area contributed by atoms with Crippen molar-refractivity contribution in [3.05, 3.63) is 17.5 Å². The lowest BCUT2D eigenvalue weighted by atomic mass is 10.2. The number of rotatable bonds is 4. The Morgan fingerprint density at radius 3 is 2.79 bits per heavy atom. The van der Waals surface area contributed by atoms with E-state index in [1.54, 1.807) is 13.2 Å². The third-order valence-corrected chi connectivity index (χ3v) is 2.05. The SMILES string of the molecule is CN(C)CCc1cnn(C)c1C(=O)O. The quantitative estimate of drug-likeness (QED) is 0.750. The van der Waals surface area contributed by atoms with Crippen LogP contribution in [0.25, 0.3) is 0 Å². The first-order valence-electron chi connectivity index (χ1n) is 4.41. The average molecular weight is 197 g/mol. The average Bonchev–Trinajstić information content (AvgIpc) is 2.43. The number of aryl methyl sites for hydroxylation is 1. The molecule has 0 fully saturated rings. The van der Waals surface area contributed by atoms with E-state index in [0.29, 0.717) is 6.42 Å². The zero-order chi connectivity index (χ0) is 10.7. The van der Waals surface area contributed by atoms with Gasteiger partial charge in [-0.25, -0.2) is 4.79 Å². The Balaban J connectivity index is 2.81. The van der Waals surface area contributed by atoms with E-state index in [0.717, 1.165) is 12.1 Å². The summed E-state index contributed by atoms with van der Waals surface area (Å²) in [4.78, 5) is 12.9. The van der Waals surface area contributed by atoms with Crippen molar-refractivity contribution in [3.63, 3.8) is 0 Å². The van der Waals surface area contributed by atoms with Crippen molar-refractivity contribution in [3.8, 4) is 0 Å². The number of carboxylic acid groups (broad SMARTS) is 1. The molecule has 0 saturated heterocycles. The molecule has 0 amide bonds. The number of hydrogen-bond acceptors (Lipinski definition) is 3. The first-order valence-corrected chi connectivity index (χ1v) is 4.41. The summed E-state index contributed by atoms with van der Waals surface area (Å²) in [5.74, 6) is -0.918. The van der Waals surface area contributed by atoms with Gasteiger partial charge < -0.3 is 10.0 Å². The molecule has 0 aliphatic rings.